The number of pyridine rings is 1. The van der Waals surface area contributed by atoms with Gasteiger partial charge in [-0.2, -0.15) is 0 Å². The number of carbonyl (C=O) groups is 2. The van der Waals surface area contributed by atoms with Crippen LogP contribution in [0.3, 0.4) is 0 Å². The van der Waals surface area contributed by atoms with Gasteiger partial charge >= 0.3 is 0 Å². The maximum absolute atomic E-state index is 12.2. The van der Waals surface area contributed by atoms with Crippen molar-refractivity contribution in [3.63, 3.8) is 0 Å². The minimum atomic E-state index is -0.377. The van der Waals surface area contributed by atoms with E-state index < -0.39 is 0 Å². The van der Waals surface area contributed by atoms with Crippen molar-refractivity contribution in [2.45, 2.75) is 20.4 Å². The molecule has 2 aromatic heterocycles. The maximum atomic E-state index is 12.2. The fourth-order valence-corrected chi connectivity index (χ4v) is 1.93. The zero-order valence-corrected chi connectivity index (χ0v) is 13.7. The third-order valence-corrected chi connectivity index (χ3v) is 3.42. The molecule has 0 aliphatic heterocycles. The lowest BCUT2D eigenvalue weighted by atomic mass is 10.2. The molecule has 2 N–H and O–H groups in total. The molecule has 0 radical (unpaired) electrons. The third-order valence-electron chi connectivity index (χ3n) is 3.42. The van der Waals surface area contributed by atoms with Gasteiger partial charge in [-0.15, -0.1) is 0 Å². The van der Waals surface area contributed by atoms with Crippen molar-refractivity contribution in [3.05, 3.63) is 59.8 Å². The Morgan fingerprint density at radius 2 is 2.00 bits per heavy atom. The van der Waals surface area contributed by atoms with Crippen molar-refractivity contribution in [3.8, 4) is 0 Å². The van der Waals surface area contributed by atoms with E-state index in [1.165, 1.54) is 13.3 Å². The monoisotopic (exact) mass is 325 g/mol. The van der Waals surface area contributed by atoms with Crippen LogP contribution in [0.2, 0.25) is 0 Å². The molecule has 0 aliphatic rings. The molecule has 2 heterocycles. The van der Waals surface area contributed by atoms with E-state index in [-0.39, 0.29) is 23.9 Å². The number of nitrogens with one attached hydrogen (secondary N) is 2. The average molecular weight is 325 g/mol. The van der Waals surface area contributed by atoms with E-state index in [4.69, 9.17) is 0 Å². The first-order chi connectivity index (χ1) is 11.5. The number of ketones is 1. The van der Waals surface area contributed by atoms with Crippen LogP contribution >= 0.6 is 0 Å². The highest BCUT2D eigenvalue weighted by molar-refractivity contribution is 5.97. The van der Waals surface area contributed by atoms with Gasteiger partial charge in [-0.25, -0.2) is 9.97 Å². The van der Waals surface area contributed by atoms with Gasteiger partial charge in [-0.05, 0) is 26.0 Å². The fraction of sp³-hybridized carbons (Fsp3) is 0.235. The molecule has 0 atom stereocenters. The van der Waals surface area contributed by atoms with Crippen LogP contribution in [-0.2, 0) is 11.3 Å². The number of anilines is 1. The van der Waals surface area contributed by atoms with Crippen LogP contribution in [0.15, 0.2) is 42.9 Å². The molecule has 7 nitrogen and oxygen atoms in total. The maximum Gasteiger partial charge on any atom is 0.270 e. The number of hydrogen-bond acceptors (Lipinski definition) is 6. The van der Waals surface area contributed by atoms with Crippen LogP contribution in [0.25, 0.3) is 0 Å². The summed E-state index contributed by atoms with van der Waals surface area (Å²) in [6.07, 6.45) is 3.03. The van der Waals surface area contributed by atoms with Gasteiger partial charge in [0.1, 0.15) is 17.8 Å². The fourth-order valence-electron chi connectivity index (χ4n) is 1.93. The third kappa shape index (κ3) is 4.45. The lowest BCUT2D eigenvalue weighted by Gasteiger charge is -2.11. The van der Waals surface area contributed by atoms with E-state index in [2.05, 4.69) is 32.2 Å². The summed E-state index contributed by atoms with van der Waals surface area (Å²) in [6, 6.07) is 5.64. The summed E-state index contributed by atoms with van der Waals surface area (Å²) in [5.74, 6) is 0.0248. The smallest absolute Gasteiger partial charge is 0.270 e. The highest BCUT2D eigenvalue weighted by Gasteiger charge is 2.15. The van der Waals surface area contributed by atoms with E-state index in [0.717, 1.165) is 5.69 Å². The molecule has 7 heteroatoms. The van der Waals surface area contributed by atoms with E-state index in [9.17, 15) is 9.59 Å². The molecular formula is C17H19N5O2. The Bertz CT molecular complexity index is 759. The van der Waals surface area contributed by atoms with Crippen LogP contribution in [0.5, 0.6) is 0 Å². The Kier molecular flexibility index (Phi) is 5.73. The Balaban J connectivity index is 2.05. The van der Waals surface area contributed by atoms with Gasteiger partial charge in [0, 0.05) is 23.9 Å². The Labute approximate surface area is 140 Å². The summed E-state index contributed by atoms with van der Waals surface area (Å²) in [6.45, 7) is 7.35. The van der Waals surface area contributed by atoms with Gasteiger partial charge in [0.15, 0.2) is 5.78 Å². The van der Waals surface area contributed by atoms with Gasteiger partial charge in [0.25, 0.3) is 5.91 Å². The number of Topliss-reactive ketones (excluding diaryl/α,β-unsaturated/α-hetero) is 1. The normalized spacial score (nSPS) is 10.1. The van der Waals surface area contributed by atoms with Gasteiger partial charge < -0.3 is 10.6 Å². The van der Waals surface area contributed by atoms with E-state index in [1.807, 2.05) is 18.2 Å². The molecule has 0 saturated carbocycles. The minimum absolute atomic E-state index is 0.0916. The van der Waals surface area contributed by atoms with Crippen LogP contribution < -0.4 is 10.6 Å². The molecule has 124 valence electrons. The van der Waals surface area contributed by atoms with Crippen molar-refractivity contribution < 1.29 is 9.59 Å². The molecule has 0 unspecified atom stereocenters. The number of rotatable bonds is 7. The van der Waals surface area contributed by atoms with Gasteiger partial charge in [0.2, 0.25) is 0 Å². The van der Waals surface area contributed by atoms with E-state index >= 15 is 0 Å². The molecule has 2 rings (SSSR count). The predicted octanol–water partition coefficient (Wildman–Crippen LogP) is 1.67. The molecule has 0 bridgehead atoms. The first-order valence-electron chi connectivity index (χ1n) is 7.41. The highest BCUT2D eigenvalue weighted by atomic mass is 16.2. The molecule has 2 aromatic rings. The highest BCUT2D eigenvalue weighted by Crippen LogP contribution is 2.14. The summed E-state index contributed by atoms with van der Waals surface area (Å²) < 4.78 is 0. The van der Waals surface area contributed by atoms with Gasteiger partial charge in [0.05, 0.1) is 12.2 Å². The number of carbonyl (C=O) groups excluding carboxylic acids is 2. The van der Waals surface area contributed by atoms with Crippen molar-refractivity contribution in [2.75, 3.05) is 11.9 Å². The van der Waals surface area contributed by atoms with Crippen LogP contribution in [0.4, 0.5) is 5.82 Å². The zero-order valence-electron chi connectivity index (χ0n) is 13.7. The summed E-state index contributed by atoms with van der Waals surface area (Å²) in [5, 5.41) is 5.77. The number of aromatic nitrogens is 3. The second-order valence-electron chi connectivity index (χ2n) is 5.21. The molecule has 0 aromatic carbocycles. The van der Waals surface area contributed by atoms with Gasteiger partial charge in [-0.1, -0.05) is 12.6 Å². The minimum Gasteiger partial charge on any atom is -0.364 e. The van der Waals surface area contributed by atoms with Crippen LogP contribution in [0.1, 0.15) is 28.7 Å². The number of nitrogens with zero attached hydrogens (tertiary/aromatic N) is 3. The van der Waals surface area contributed by atoms with Crippen molar-refractivity contribution >= 4 is 17.5 Å². The first-order valence-corrected chi connectivity index (χ1v) is 7.41. The van der Waals surface area contributed by atoms with Crippen LogP contribution in [-0.4, -0.2) is 33.2 Å². The molecule has 1 amide bonds. The molecule has 0 fully saturated rings. The SMILES string of the molecule is C=C(CNC(=O)c1ncnc(NCc2ccccn2)c1C)C(C)=O. The van der Waals surface area contributed by atoms with Crippen molar-refractivity contribution in [1.82, 2.24) is 20.3 Å². The molecule has 24 heavy (non-hydrogen) atoms. The van der Waals surface area contributed by atoms with Crippen molar-refractivity contribution in [2.24, 2.45) is 0 Å². The summed E-state index contributed by atoms with van der Waals surface area (Å²) >= 11 is 0. The second-order valence-corrected chi connectivity index (χ2v) is 5.21. The molecule has 0 spiro atoms. The quantitative estimate of drug-likeness (QED) is 0.752. The summed E-state index contributed by atoms with van der Waals surface area (Å²) in [7, 11) is 0. The number of hydrogen-bond donors (Lipinski definition) is 2. The lowest BCUT2D eigenvalue weighted by molar-refractivity contribution is -0.113. The van der Waals surface area contributed by atoms with Gasteiger partial charge in [-0.3, -0.25) is 14.6 Å². The zero-order chi connectivity index (χ0) is 17.5. The predicted molar refractivity (Wildman–Crippen MR) is 90.5 cm³/mol. The summed E-state index contributed by atoms with van der Waals surface area (Å²) in [5.41, 5.74) is 2.08. The van der Waals surface area contributed by atoms with E-state index in [0.29, 0.717) is 23.5 Å². The lowest BCUT2D eigenvalue weighted by Crippen LogP contribution is -2.28. The van der Waals surface area contributed by atoms with Crippen molar-refractivity contribution in [1.29, 1.82) is 0 Å². The van der Waals surface area contributed by atoms with E-state index in [1.54, 1.807) is 13.1 Å². The number of amides is 1. The Morgan fingerprint density at radius 1 is 1.21 bits per heavy atom. The first kappa shape index (κ1) is 17.3. The summed E-state index contributed by atoms with van der Waals surface area (Å²) in [4.78, 5) is 35.8. The second kappa shape index (κ2) is 7.96. The molecule has 0 aliphatic carbocycles. The topological polar surface area (TPSA) is 96.9 Å². The van der Waals surface area contributed by atoms with Crippen LogP contribution in [0, 0.1) is 6.92 Å². The standard InChI is InChI=1S/C17H19N5O2/c1-11(13(3)23)8-20-17(24)15-12(2)16(22-10-21-15)19-9-14-6-4-5-7-18-14/h4-7,10H,1,8-9H2,2-3H3,(H,20,24)(H,19,21,22). The average Bonchev–Trinajstić information content (AvgIpc) is 2.59. The largest absolute Gasteiger partial charge is 0.364 e. The molecular weight excluding hydrogens is 306 g/mol. The Hall–Kier alpha value is -3.09. The molecule has 0 saturated heterocycles. The Morgan fingerprint density at radius 3 is 2.67 bits per heavy atom.